The highest BCUT2D eigenvalue weighted by Crippen LogP contribution is 2.34. The zero-order valence-corrected chi connectivity index (χ0v) is 10.5. The van der Waals surface area contributed by atoms with E-state index >= 15 is 0 Å². The van der Waals surface area contributed by atoms with E-state index in [-0.39, 0.29) is 17.1 Å². The third-order valence-electron chi connectivity index (χ3n) is 2.64. The van der Waals surface area contributed by atoms with E-state index in [2.05, 4.69) is 0 Å². The third kappa shape index (κ3) is 3.50. The smallest absolute Gasteiger partial charge is 0.416 e. The number of nitrogens with two attached hydrogens (primary N) is 1. The molecular formula is C14H10F4N2O. The molecule has 110 valence electrons. The Labute approximate surface area is 117 Å². The van der Waals surface area contributed by atoms with Crippen molar-refractivity contribution in [3.8, 4) is 11.5 Å². The molecule has 0 aromatic heterocycles. The second-order valence-electron chi connectivity index (χ2n) is 4.18. The van der Waals surface area contributed by atoms with Gasteiger partial charge < -0.3 is 10.5 Å². The van der Waals surface area contributed by atoms with Crippen LogP contribution in [0.1, 0.15) is 11.1 Å². The highest BCUT2D eigenvalue weighted by atomic mass is 19.4. The summed E-state index contributed by atoms with van der Waals surface area (Å²) in [6, 6.07) is 7.56. The predicted molar refractivity (Wildman–Crippen MR) is 68.9 cm³/mol. The largest absolute Gasteiger partial charge is 0.457 e. The van der Waals surface area contributed by atoms with Crippen LogP contribution in [-0.2, 0) is 6.18 Å². The molecule has 2 aromatic carbocycles. The van der Waals surface area contributed by atoms with Gasteiger partial charge in [0, 0.05) is 0 Å². The normalized spacial score (nSPS) is 11.2. The Bertz CT molecular complexity index is 666. The van der Waals surface area contributed by atoms with Crippen molar-refractivity contribution in [3.05, 3.63) is 59.4 Å². The maximum atomic E-state index is 12.8. The fraction of sp³-hybridized carbons (Fsp3) is 0.0714. The first kappa shape index (κ1) is 14.8. The summed E-state index contributed by atoms with van der Waals surface area (Å²) in [4.78, 5) is 0. The minimum atomic E-state index is -4.54. The summed E-state index contributed by atoms with van der Waals surface area (Å²) in [5.41, 5.74) is 4.16. The molecule has 0 bridgehead atoms. The molecule has 0 heterocycles. The van der Waals surface area contributed by atoms with Gasteiger partial charge in [-0.05, 0) is 42.5 Å². The zero-order chi connectivity index (χ0) is 15.6. The number of nitrogens with one attached hydrogen (secondary N) is 1. The molecule has 0 radical (unpaired) electrons. The van der Waals surface area contributed by atoms with Gasteiger partial charge in [0.2, 0.25) is 0 Å². The Balaban J connectivity index is 2.39. The van der Waals surface area contributed by atoms with Crippen molar-refractivity contribution in [3.63, 3.8) is 0 Å². The second kappa shape index (κ2) is 5.43. The summed E-state index contributed by atoms with van der Waals surface area (Å²) in [7, 11) is 0. The van der Waals surface area contributed by atoms with E-state index in [1.807, 2.05) is 0 Å². The molecule has 0 aliphatic heterocycles. The minimum Gasteiger partial charge on any atom is -0.457 e. The maximum Gasteiger partial charge on any atom is 0.416 e. The number of nitrogen functional groups attached to an aromatic ring is 1. The lowest BCUT2D eigenvalue weighted by Crippen LogP contribution is -2.14. The quantitative estimate of drug-likeness (QED) is 0.512. The van der Waals surface area contributed by atoms with Gasteiger partial charge in [0.1, 0.15) is 23.2 Å². The molecule has 0 amide bonds. The molecule has 0 saturated heterocycles. The molecule has 0 fully saturated rings. The summed E-state index contributed by atoms with van der Waals surface area (Å²) in [6.07, 6.45) is -4.54. The number of amidine groups is 1. The number of hydrogen-bond donors (Lipinski definition) is 2. The van der Waals surface area contributed by atoms with Crippen LogP contribution in [0.3, 0.4) is 0 Å². The highest BCUT2D eigenvalue weighted by Gasteiger charge is 2.31. The van der Waals surface area contributed by atoms with Crippen molar-refractivity contribution >= 4 is 5.84 Å². The van der Waals surface area contributed by atoms with Crippen LogP contribution in [0.5, 0.6) is 11.5 Å². The van der Waals surface area contributed by atoms with Gasteiger partial charge >= 0.3 is 6.18 Å². The molecule has 0 aliphatic rings. The lowest BCUT2D eigenvalue weighted by molar-refractivity contribution is -0.137. The first-order valence-electron chi connectivity index (χ1n) is 5.76. The van der Waals surface area contributed by atoms with E-state index in [0.717, 1.165) is 30.3 Å². The van der Waals surface area contributed by atoms with Gasteiger partial charge in [-0.1, -0.05) is 0 Å². The lowest BCUT2D eigenvalue weighted by atomic mass is 10.1. The van der Waals surface area contributed by atoms with Crippen LogP contribution in [0, 0.1) is 11.2 Å². The molecular weight excluding hydrogens is 288 g/mol. The molecule has 21 heavy (non-hydrogen) atoms. The predicted octanol–water partition coefficient (Wildman–Crippen LogP) is 3.92. The van der Waals surface area contributed by atoms with Gasteiger partial charge in [-0.2, -0.15) is 13.2 Å². The third-order valence-corrected chi connectivity index (χ3v) is 2.64. The number of hydrogen-bond acceptors (Lipinski definition) is 2. The van der Waals surface area contributed by atoms with Crippen LogP contribution in [0.15, 0.2) is 42.5 Å². The van der Waals surface area contributed by atoms with Crippen LogP contribution in [0.2, 0.25) is 0 Å². The van der Waals surface area contributed by atoms with Crippen LogP contribution in [-0.4, -0.2) is 5.84 Å². The van der Waals surface area contributed by atoms with Gasteiger partial charge in [0.25, 0.3) is 0 Å². The molecule has 0 atom stereocenters. The van der Waals surface area contributed by atoms with Gasteiger partial charge in [-0.15, -0.1) is 0 Å². The van der Waals surface area contributed by atoms with E-state index in [0.29, 0.717) is 0 Å². The van der Waals surface area contributed by atoms with Crippen molar-refractivity contribution in [1.82, 2.24) is 0 Å². The molecule has 3 N–H and O–H groups in total. The monoisotopic (exact) mass is 298 g/mol. The Morgan fingerprint density at radius 1 is 1.05 bits per heavy atom. The Morgan fingerprint density at radius 2 is 1.67 bits per heavy atom. The van der Waals surface area contributed by atoms with E-state index in [4.69, 9.17) is 15.9 Å². The molecule has 0 saturated carbocycles. The Hall–Kier alpha value is -2.57. The Morgan fingerprint density at radius 3 is 2.19 bits per heavy atom. The minimum absolute atomic E-state index is 0.0119. The van der Waals surface area contributed by atoms with Crippen molar-refractivity contribution < 1.29 is 22.3 Å². The van der Waals surface area contributed by atoms with Crippen molar-refractivity contribution in [2.24, 2.45) is 5.73 Å². The summed E-state index contributed by atoms with van der Waals surface area (Å²) in [6.45, 7) is 0. The Kier molecular flexibility index (Phi) is 3.84. The molecule has 2 aromatic rings. The van der Waals surface area contributed by atoms with Crippen molar-refractivity contribution in [2.75, 3.05) is 0 Å². The molecule has 3 nitrogen and oxygen atoms in total. The van der Waals surface area contributed by atoms with Crippen molar-refractivity contribution in [1.29, 1.82) is 5.41 Å². The first-order chi connectivity index (χ1) is 9.77. The highest BCUT2D eigenvalue weighted by molar-refractivity contribution is 5.98. The number of benzene rings is 2. The topological polar surface area (TPSA) is 59.1 Å². The van der Waals surface area contributed by atoms with Crippen LogP contribution < -0.4 is 10.5 Å². The van der Waals surface area contributed by atoms with Gasteiger partial charge in [-0.3, -0.25) is 5.41 Å². The van der Waals surface area contributed by atoms with Crippen molar-refractivity contribution in [2.45, 2.75) is 6.18 Å². The average molecular weight is 298 g/mol. The fourth-order valence-corrected chi connectivity index (χ4v) is 1.64. The lowest BCUT2D eigenvalue weighted by Gasteiger charge is -2.13. The number of alkyl halides is 3. The standard InChI is InChI=1S/C14H10F4N2O/c15-9-2-4-10(5-3-9)21-12-6-1-8(14(16,17)18)7-11(12)13(19)20/h1-7H,(H3,19,20). The van der Waals surface area contributed by atoms with Crippen LogP contribution in [0.4, 0.5) is 17.6 Å². The van der Waals surface area contributed by atoms with E-state index in [9.17, 15) is 17.6 Å². The first-order valence-corrected chi connectivity index (χ1v) is 5.76. The molecule has 0 spiro atoms. The molecule has 2 rings (SSSR count). The van der Waals surface area contributed by atoms with Gasteiger partial charge in [0.15, 0.2) is 0 Å². The molecule has 0 aliphatic carbocycles. The van der Waals surface area contributed by atoms with E-state index < -0.39 is 23.4 Å². The average Bonchev–Trinajstić information content (AvgIpc) is 2.40. The number of rotatable bonds is 3. The summed E-state index contributed by atoms with van der Waals surface area (Å²) < 4.78 is 56.0. The second-order valence-corrected chi connectivity index (χ2v) is 4.18. The van der Waals surface area contributed by atoms with Gasteiger partial charge in [-0.25, -0.2) is 4.39 Å². The van der Waals surface area contributed by atoms with Crippen LogP contribution >= 0.6 is 0 Å². The number of ether oxygens (including phenoxy) is 1. The fourth-order valence-electron chi connectivity index (χ4n) is 1.64. The maximum absolute atomic E-state index is 12.8. The molecule has 0 unspecified atom stereocenters. The summed E-state index contributed by atoms with van der Waals surface area (Å²) >= 11 is 0. The van der Waals surface area contributed by atoms with Crippen LogP contribution in [0.25, 0.3) is 0 Å². The zero-order valence-electron chi connectivity index (χ0n) is 10.5. The van der Waals surface area contributed by atoms with E-state index in [1.165, 1.54) is 12.1 Å². The summed E-state index contributed by atoms with van der Waals surface area (Å²) in [5, 5.41) is 7.35. The summed E-state index contributed by atoms with van der Waals surface area (Å²) in [5.74, 6) is -0.819. The van der Waals surface area contributed by atoms with E-state index in [1.54, 1.807) is 0 Å². The molecule has 7 heteroatoms. The SMILES string of the molecule is N=C(N)c1cc(C(F)(F)F)ccc1Oc1ccc(F)cc1. The van der Waals surface area contributed by atoms with Gasteiger partial charge in [0.05, 0.1) is 11.1 Å². The number of halogens is 4.